The van der Waals surface area contributed by atoms with E-state index in [4.69, 9.17) is 0 Å². The van der Waals surface area contributed by atoms with Gasteiger partial charge in [-0.25, -0.2) is 12.8 Å². The number of benzene rings is 2. The molecular weight excluding hydrogens is 443 g/mol. The van der Waals surface area contributed by atoms with E-state index >= 15 is 0 Å². The number of carbonyl (C=O) groups is 1. The van der Waals surface area contributed by atoms with Gasteiger partial charge in [-0.2, -0.15) is 4.31 Å². The third-order valence-corrected chi connectivity index (χ3v) is 8.25. The van der Waals surface area contributed by atoms with Gasteiger partial charge in [0.1, 0.15) is 10.7 Å². The lowest BCUT2D eigenvalue weighted by molar-refractivity contribution is 0.0947. The first-order chi connectivity index (χ1) is 15.9. The van der Waals surface area contributed by atoms with E-state index in [1.807, 2.05) is 18.2 Å². The molecule has 0 atom stereocenters. The topological polar surface area (TPSA) is 73.0 Å². The maximum absolute atomic E-state index is 14.4. The fourth-order valence-electron chi connectivity index (χ4n) is 4.38. The van der Waals surface area contributed by atoms with Crippen molar-refractivity contribution >= 4 is 21.6 Å². The van der Waals surface area contributed by atoms with Crippen molar-refractivity contribution in [2.24, 2.45) is 0 Å². The zero-order valence-electron chi connectivity index (χ0n) is 18.7. The lowest BCUT2D eigenvalue weighted by atomic mass is 10.2. The molecule has 0 radical (unpaired) electrons. The highest BCUT2D eigenvalue weighted by Gasteiger charge is 2.29. The van der Waals surface area contributed by atoms with Crippen LogP contribution in [0.4, 0.5) is 10.1 Å². The minimum atomic E-state index is -3.95. The van der Waals surface area contributed by atoms with Crippen molar-refractivity contribution in [3.05, 3.63) is 59.9 Å². The number of rotatable bonds is 7. The number of carbonyl (C=O) groups excluding carboxylic acids is 1. The molecule has 2 saturated heterocycles. The van der Waals surface area contributed by atoms with Crippen molar-refractivity contribution in [2.75, 3.05) is 57.3 Å². The Balaban J connectivity index is 1.30. The van der Waals surface area contributed by atoms with E-state index in [9.17, 15) is 17.6 Å². The Kier molecular flexibility index (Phi) is 7.62. The van der Waals surface area contributed by atoms with Crippen LogP contribution in [0.25, 0.3) is 0 Å². The monoisotopic (exact) mass is 474 g/mol. The van der Waals surface area contributed by atoms with Gasteiger partial charge in [-0.3, -0.25) is 9.69 Å². The molecule has 0 aromatic heterocycles. The molecule has 7 nitrogen and oxygen atoms in total. The maximum atomic E-state index is 14.4. The lowest BCUT2D eigenvalue weighted by Gasteiger charge is -2.36. The zero-order chi connectivity index (χ0) is 23.3. The normalized spacial score (nSPS) is 18.3. The number of halogens is 1. The van der Waals surface area contributed by atoms with Crippen LogP contribution in [-0.2, 0) is 10.0 Å². The third kappa shape index (κ3) is 5.72. The molecule has 2 aromatic carbocycles. The van der Waals surface area contributed by atoms with Gasteiger partial charge in [0.25, 0.3) is 5.91 Å². The van der Waals surface area contributed by atoms with E-state index in [1.54, 1.807) is 0 Å². The molecule has 178 valence electrons. The van der Waals surface area contributed by atoms with Gasteiger partial charge >= 0.3 is 0 Å². The number of piperazine rings is 1. The molecule has 2 heterocycles. The summed E-state index contributed by atoms with van der Waals surface area (Å²) < 4.78 is 41.4. The summed E-state index contributed by atoms with van der Waals surface area (Å²) in [6.07, 6.45) is 2.50. The van der Waals surface area contributed by atoms with Crippen molar-refractivity contribution in [2.45, 2.75) is 24.2 Å². The predicted octanol–water partition coefficient (Wildman–Crippen LogP) is 2.55. The highest BCUT2D eigenvalue weighted by Crippen LogP contribution is 2.24. The van der Waals surface area contributed by atoms with Crippen LogP contribution in [0.5, 0.6) is 0 Å². The van der Waals surface area contributed by atoms with Crippen LogP contribution in [0.3, 0.4) is 0 Å². The first-order valence-electron chi connectivity index (χ1n) is 11.6. The van der Waals surface area contributed by atoms with Gasteiger partial charge in [0.15, 0.2) is 0 Å². The summed E-state index contributed by atoms with van der Waals surface area (Å²) in [6, 6.07) is 13.9. The molecule has 0 aliphatic carbocycles. The van der Waals surface area contributed by atoms with E-state index in [1.165, 1.54) is 16.1 Å². The van der Waals surface area contributed by atoms with Gasteiger partial charge in [-0.15, -0.1) is 0 Å². The number of hydrogen-bond acceptors (Lipinski definition) is 5. The second kappa shape index (κ2) is 10.6. The first kappa shape index (κ1) is 23.7. The van der Waals surface area contributed by atoms with E-state index in [0.29, 0.717) is 26.2 Å². The Morgan fingerprint density at radius 2 is 1.61 bits per heavy atom. The SMILES string of the molecule is O=C(NCCN1CCN(c2ccccc2)CC1)c1ccc(F)c(S(=O)(=O)N2CCCCC2)c1. The van der Waals surface area contributed by atoms with Crippen LogP contribution in [0.15, 0.2) is 53.4 Å². The largest absolute Gasteiger partial charge is 0.369 e. The second-order valence-electron chi connectivity index (χ2n) is 8.53. The average Bonchev–Trinajstić information content (AvgIpc) is 2.85. The zero-order valence-corrected chi connectivity index (χ0v) is 19.6. The van der Waals surface area contributed by atoms with Crippen LogP contribution >= 0.6 is 0 Å². The average molecular weight is 475 g/mol. The van der Waals surface area contributed by atoms with Crippen molar-refractivity contribution in [1.82, 2.24) is 14.5 Å². The molecule has 0 spiro atoms. The van der Waals surface area contributed by atoms with Gasteiger partial charge in [0.2, 0.25) is 10.0 Å². The molecular formula is C24H31FN4O3S. The fourth-order valence-corrected chi connectivity index (χ4v) is 5.99. The Morgan fingerprint density at radius 3 is 2.30 bits per heavy atom. The van der Waals surface area contributed by atoms with Crippen molar-refractivity contribution < 1.29 is 17.6 Å². The minimum Gasteiger partial charge on any atom is -0.369 e. The van der Waals surface area contributed by atoms with E-state index in [2.05, 4.69) is 27.2 Å². The van der Waals surface area contributed by atoms with Gasteiger partial charge in [-0.05, 0) is 43.2 Å². The highest BCUT2D eigenvalue weighted by atomic mass is 32.2. The second-order valence-corrected chi connectivity index (χ2v) is 10.4. The molecule has 0 saturated carbocycles. The summed E-state index contributed by atoms with van der Waals surface area (Å²) in [5.41, 5.74) is 1.37. The lowest BCUT2D eigenvalue weighted by Crippen LogP contribution is -2.48. The maximum Gasteiger partial charge on any atom is 0.251 e. The van der Waals surface area contributed by atoms with Crippen LogP contribution < -0.4 is 10.2 Å². The summed E-state index contributed by atoms with van der Waals surface area (Å²) in [5.74, 6) is -1.22. The molecule has 4 rings (SSSR count). The quantitative estimate of drug-likeness (QED) is 0.668. The Hall–Kier alpha value is -2.49. The van der Waals surface area contributed by atoms with Crippen LogP contribution in [0, 0.1) is 5.82 Å². The van der Waals surface area contributed by atoms with Crippen LogP contribution in [-0.4, -0.2) is 75.9 Å². The van der Waals surface area contributed by atoms with Crippen molar-refractivity contribution in [1.29, 1.82) is 0 Å². The first-order valence-corrected chi connectivity index (χ1v) is 13.0. The molecule has 2 aromatic rings. The number of hydrogen-bond donors (Lipinski definition) is 1. The number of nitrogens with zero attached hydrogens (tertiary/aromatic N) is 3. The van der Waals surface area contributed by atoms with Crippen molar-refractivity contribution in [3.63, 3.8) is 0 Å². The molecule has 2 aliphatic rings. The van der Waals surface area contributed by atoms with Gasteiger partial charge < -0.3 is 10.2 Å². The predicted molar refractivity (Wildman–Crippen MR) is 126 cm³/mol. The Labute approximate surface area is 195 Å². The number of nitrogens with one attached hydrogen (secondary N) is 1. The minimum absolute atomic E-state index is 0.154. The Morgan fingerprint density at radius 1 is 0.909 bits per heavy atom. The molecule has 2 aliphatic heterocycles. The number of amides is 1. The molecule has 2 fully saturated rings. The Bertz CT molecular complexity index is 1050. The molecule has 1 N–H and O–H groups in total. The summed E-state index contributed by atoms with van der Waals surface area (Å²) in [5, 5.41) is 2.84. The highest BCUT2D eigenvalue weighted by molar-refractivity contribution is 7.89. The number of anilines is 1. The van der Waals surface area contributed by atoms with E-state index < -0.39 is 26.6 Å². The number of para-hydroxylation sites is 1. The molecule has 0 bridgehead atoms. The fraction of sp³-hybridized carbons (Fsp3) is 0.458. The van der Waals surface area contributed by atoms with Gasteiger partial charge in [0.05, 0.1) is 0 Å². The summed E-state index contributed by atoms with van der Waals surface area (Å²) in [4.78, 5) is 16.8. The number of piperidine rings is 1. The van der Waals surface area contributed by atoms with E-state index in [0.717, 1.165) is 57.6 Å². The molecule has 33 heavy (non-hydrogen) atoms. The van der Waals surface area contributed by atoms with Crippen molar-refractivity contribution in [3.8, 4) is 0 Å². The summed E-state index contributed by atoms with van der Waals surface area (Å²) in [6.45, 7) is 5.57. The summed E-state index contributed by atoms with van der Waals surface area (Å²) >= 11 is 0. The van der Waals surface area contributed by atoms with Gasteiger partial charge in [0, 0.05) is 63.6 Å². The third-order valence-electron chi connectivity index (χ3n) is 6.33. The van der Waals surface area contributed by atoms with Gasteiger partial charge in [-0.1, -0.05) is 24.6 Å². The summed E-state index contributed by atoms with van der Waals surface area (Å²) in [7, 11) is -3.95. The van der Waals surface area contributed by atoms with Crippen LogP contribution in [0.2, 0.25) is 0 Å². The molecule has 9 heteroatoms. The molecule has 1 amide bonds. The smallest absolute Gasteiger partial charge is 0.251 e. The standard InChI is InChI=1S/C24H31FN4O3S/c25-22-10-9-20(19-23(22)33(31,32)29-12-5-2-6-13-29)24(30)26-11-14-27-15-17-28(18-16-27)21-7-3-1-4-8-21/h1,3-4,7-10,19H,2,5-6,11-18H2,(H,26,30). The van der Waals surface area contributed by atoms with Crippen LogP contribution in [0.1, 0.15) is 29.6 Å². The van der Waals surface area contributed by atoms with E-state index in [-0.39, 0.29) is 5.56 Å². The molecule has 0 unspecified atom stereocenters. The number of sulfonamides is 1.